The molecule has 0 bridgehead atoms. The van der Waals surface area contributed by atoms with E-state index in [1.165, 1.54) is 57.8 Å². The number of unbranched alkanes of at least 4 members (excludes halogenated alkanes) is 9. The van der Waals surface area contributed by atoms with Crippen molar-refractivity contribution in [2.45, 2.75) is 117 Å². The predicted molar refractivity (Wildman–Crippen MR) is 128 cm³/mol. The molecule has 0 spiro atoms. The van der Waals surface area contributed by atoms with Gasteiger partial charge in [0, 0.05) is 0 Å². The summed E-state index contributed by atoms with van der Waals surface area (Å²) in [7, 11) is 0. The second kappa shape index (κ2) is 15.9. The fraction of sp³-hybridized carbons (Fsp3) is 0.704. The molecule has 4 heteroatoms. The van der Waals surface area contributed by atoms with Gasteiger partial charge in [0.05, 0.1) is 17.2 Å². The molecule has 0 amide bonds. The molecule has 176 valence electrons. The summed E-state index contributed by atoms with van der Waals surface area (Å²) in [5.74, 6) is -0.773. The van der Waals surface area contributed by atoms with Crippen molar-refractivity contribution >= 4 is 11.9 Å². The van der Waals surface area contributed by atoms with Gasteiger partial charge >= 0.3 is 11.9 Å². The van der Waals surface area contributed by atoms with Crippen molar-refractivity contribution in [2.75, 3.05) is 0 Å². The van der Waals surface area contributed by atoms with E-state index in [0.29, 0.717) is 12.8 Å². The summed E-state index contributed by atoms with van der Waals surface area (Å²) in [4.78, 5) is 24.2. The van der Waals surface area contributed by atoms with Crippen LogP contribution in [0.1, 0.15) is 131 Å². The number of benzene rings is 1. The molecule has 1 aromatic carbocycles. The van der Waals surface area contributed by atoms with E-state index in [9.17, 15) is 14.7 Å². The average Bonchev–Trinajstić information content (AvgIpc) is 2.73. The van der Waals surface area contributed by atoms with Crippen molar-refractivity contribution in [3.05, 3.63) is 34.9 Å². The minimum atomic E-state index is -1.06. The van der Waals surface area contributed by atoms with Gasteiger partial charge in [-0.1, -0.05) is 97.1 Å². The SMILES string of the molecule is CCC(C)OC(=O)c1cccc(CCCCCCCCCCCCC(C)C)c1C(=O)O. The predicted octanol–water partition coefficient (Wildman–Crippen LogP) is 7.83. The molecule has 0 aliphatic heterocycles. The van der Waals surface area contributed by atoms with Gasteiger partial charge in [-0.15, -0.1) is 0 Å². The first kappa shape index (κ1) is 27.2. The number of carboxylic acids is 1. The second-order valence-electron chi connectivity index (χ2n) is 9.24. The van der Waals surface area contributed by atoms with Gasteiger partial charge in [0.2, 0.25) is 0 Å². The van der Waals surface area contributed by atoms with E-state index in [0.717, 1.165) is 24.3 Å². The molecule has 1 atom stereocenters. The average molecular weight is 433 g/mol. The van der Waals surface area contributed by atoms with E-state index in [-0.39, 0.29) is 17.2 Å². The number of rotatable bonds is 17. The minimum Gasteiger partial charge on any atom is -0.478 e. The van der Waals surface area contributed by atoms with Crippen LogP contribution in [0.25, 0.3) is 0 Å². The van der Waals surface area contributed by atoms with Crippen LogP contribution in [0.5, 0.6) is 0 Å². The summed E-state index contributed by atoms with van der Waals surface area (Å²) in [5, 5.41) is 9.68. The molecule has 0 heterocycles. The van der Waals surface area contributed by atoms with E-state index in [2.05, 4.69) is 13.8 Å². The Morgan fingerprint density at radius 2 is 1.42 bits per heavy atom. The highest BCUT2D eigenvalue weighted by Gasteiger charge is 2.22. The summed E-state index contributed by atoms with van der Waals surface area (Å²) in [6.45, 7) is 8.33. The molecule has 1 unspecified atom stereocenters. The Morgan fingerprint density at radius 1 is 0.871 bits per heavy atom. The summed E-state index contributed by atoms with van der Waals surface area (Å²) in [6, 6.07) is 5.14. The first-order valence-corrected chi connectivity index (χ1v) is 12.4. The van der Waals surface area contributed by atoms with Crippen molar-refractivity contribution in [3.8, 4) is 0 Å². The van der Waals surface area contributed by atoms with Gasteiger partial charge in [-0.3, -0.25) is 0 Å². The Hall–Kier alpha value is -1.84. The molecular weight excluding hydrogens is 388 g/mol. The van der Waals surface area contributed by atoms with Crippen LogP contribution in [-0.4, -0.2) is 23.1 Å². The van der Waals surface area contributed by atoms with E-state index < -0.39 is 11.9 Å². The van der Waals surface area contributed by atoms with Crippen LogP contribution < -0.4 is 0 Å². The van der Waals surface area contributed by atoms with E-state index in [1.54, 1.807) is 12.1 Å². The Kier molecular flexibility index (Phi) is 13.9. The normalized spacial score (nSPS) is 12.2. The molecule has 0 fully saturated rings. The molecule has 0 aliphatic carbocycles. The van der Waals surface area contributed by atoms with Gasteiger partial charge in [0.1, 0.15) is 0 Å². The number of aryl methyl sites for hydroxylation is 1. The maximum absolute atomic E-state index is 12.4. The van der Waals surface area contributed by atoms with Crippen molar-refractivity contribution in [3.63, 3.8) is 0 Å². The van der Waals surface area contributed by atoms with E-state index in [4.69, 9.17) is 4.74 Å². The van der Waals surface area contributed by atoms with E-state index in [1.807, 2.05) is 19.9 Å². The molecule has 0 aromatic heterocycles. The molecule has 1 N–H and O–H groups in total. The summed E-state index contributed by atoms with van der Waals surface area (Å²) < 4.78 is 5.35. The first-order chi connectivity index (χ1) is 14.9. The monoisotopic (exact) mass is 432 g/mol. The zero-order valence-corrected chi connectivity index (χ0v) is 20.3. The topological polar surface area (TPSA) is 63.6 Å². The Morgan fingerprint density at radius 3 is 1.94 bits per heavy atom. The van der Waals surface area contributed by atoms with Crippen LogP contribution in [0.4, 0.5) is 0 Å². The number of esters is 1. The summed E-state index contributed by atoms with van der Waals surface area (Å²) >= 11 is 0. The van der Waals surface area contributed by atoms with Crippen LogP contribution in [0.15, 0.2) is 18.2 Å². The molecular formula is C27H44O4. The van der Waals surface area contributed by atoms with E-state index >= 15 is 0 Å². The van der Waals surface area contributed by atoms with Gasteiger partial charge in [0.25, 0.3) is 0 Å². The van der Waals surface area contributed by atoms with Gasteiger partial charge in [-0.05, 0) is 43.7 Å². The number of ether oxygens (including phenoxy) is 1. The maximum atomic E-state index is 12.4. The zero-order chi connectivity index (χ0) is 23.1. The van der Waals surface area contributed by atoms with Crippen molar-refractivity contribution in [1.82, 2.24) is 0 Å². The zero-order valence-electron chi connectivity index (χ0n) is 20.3. The molecule has 0 radical (unpaired) electrons. The molecule has 0 aliphatic rings. The quantitative estimate of drug-likeness (QED) is 0.201. The number of aromatic carboxylic acids is 1. The molecule has 31 heavy (non-hydrogen) atoms. The van der Waals surface area contributed by atoms with Crippen molar-refractivity contribution in [2.24, 2.45) is 5.92 Å². The third kappa shape index (κ3) is 11.4. The molecule has 4 nitrogen and oxygen atoms in total. The van der Waals surface area contributed by atoms with Gasteiger partial charge in [0.15, 0.2) is 0 Å². The Bertz CT molecular complexity index is 651. The number of hydrogen-bond acceptors (Lipinski definition) is 3. The van der Waals surface area contributed by atoms with Crippen molar-refractivity contribution < 1.29 is 19.4 Å². The third-order valence-corrected chi connectivity index (χ3v) is 5.95. The smallest absolute Gasteiger partial charge is 0.339 e. The van der Waals surface area contributed by atoms with Crippen LogP contribution in [0.3, 0.4) is 0 Å². The maximum Gasteiger partial charge on any atom is 0.339 e. The summed E-state index contributed by atoms with van der Waals surface area (Å²) in [6.07, 6.45) is 15.0. The fourth-order valence-electron chi connectivity index (χ4n) is 3.84. The highest BCUT2D eigenvalue weighted by molar-refractivity contribution is 6.03. The van der Waals surface area contributed by atoms with Crippen molar-refractivity contribution in [1.29, 1.82) is 0 Å². The number of carbonyl (C=O) groups is 2. The fourth-order valence-corrected chi connectivity index (χ4v) is 3.84. The highest BCUT2D eigenvalue weighted by Crippen LogP contribution is 2.20. The van der Waals surface area contributed by atoms with Crippen LogP contribution in [0.2, 0.25) is 0 Å². The van der Waals surface area contributed by atoms with Gasteiger partial charge in [-0.25, -0.2) is 9.59 Å². The minimum absolute atomic E-state index is 0.105. The Balaban J connectivity index is 2.33. The molecule has 0 saturated carbocycles. The van der Waals surface area contributed by atoms with Gasteiger partial charge in [-0.2, -0.15) is 0 Å². The van der Waals surface area contributed by atoms with Crippen LogP contribution in [0, 0.1) is 5.92 Å². The number of hydrogen-bond donors (Lipinski definition) is 1. The second-order valence-corrected chi connectivity index (χ2v) is 9.24. The Labute approximate surface area is 189 Å². The number of carboxylic acid groups (broad SMARTS) is 1. The molecule has 1 rings (SSSR count). The van der Waals surface area contributed by atoms with Gasteiger partial charge < -0.3 is 9.84 Å². The lowest BCUT2D eigenvalue weighted by atomic mass is 9.96. The lowest BCUT2D eigenvalue weighted by Crippen LogP contribution is -2.18. The first-order valence-electron chi connectivity index (χ1n) is 12.4. The lowest BCUT2D eigenvalue weighted by Gasteiger charge is -2.14. The standard InChI is InChI=1S/C27H44O4/c1-5-22(4)31-27(30)24-20-16-19-23(25(24)26(28)29)18-15-13-11-9-7-6-8-10-12-14-17-21(2)3/h16,19-22H,5-15,17-18H2,1-4H3,(H,28,29). The third-order valence-electron chi connectivity index (χ3n) is 5.95. The molecule has 1 aromatic rings. The largest absolute Gasteiger partial charge is 0.478 e. The molecule has 0 saturated heterocycles. The number of carbonyl (C=O) groups excluding carboxylic acids is 1. The lowest BCUT2D eigenvalue weighted by molar-refractivity contribution is 0.0328. The summed E-state index contributed by atoms with van der Waals surface area (Å²) in [5.41, 5.74) is 1.000. The van der Waals surface area contributed by atoms with Crippen LogP contribution in [-0.2, 0) is 11.2 Å². The van der Waals surface area contributed by atoms with Crippen LogP contribution >= 0.6 is 0 Å². The highest BCUT2D eigenvalue weighted by atomic mass is 16.5.